The van der Waals surface area contributed by atoms with Gasteiger partial charge in [0.2, 0.25) is 5.28 Å². The molecular weight excluding hydrogens is 606 g/mol. The largest absolute Gasteiger partial charge is 0.226 e. The molecule has 7 aromatic carbocycles. The molecule has 0 unspecified atom stereocenters. The van der Waals surface area contributed by atoms with E-state index in [2.05, 4.69) is 175 Å². The average molecular weight is 634 g/mol. The zero-order valence-corrected chi connectivity index (χ0v) is 26.6. The van der Waals surface area contributed by atoms with Crippen molar-refractivity contribution in [3.8, 4) is 45.0 Å². The van der Waals surface area contributed by atoms with E-state index in [1.807, 2.05) is 0 Å². The maximum atomic E-state index is 6.68. The summed E-state index contributed by atoms with van der Waals surface area (Å²) in [7, 11) is 0. The van der Waals surface area contributed by atoms with Crippen molar-refractivity contribution < 1.29 is 0 Å². The fraction of sp³-hybridized carbons (Fsp3) is 0.0227. The van der Waals surface area contributed by atoms with Gasteiger partial charge in [0.05, 0.1) is 5.41 Å². The van der Waals surface area contributed by atoms with Crippen LogP contribution in [0.15, 0.2) is 170 Å². The van der Waals surface area contributed by atoms with E-state index in [9.17, 15) is 0 Å². The second-order valence-electron chi connectivity index (χ2n) is 12.1. The van der Waals surface area contributed by atoms with E-state index in [0.717, 1.165) is 27.8 Å². The van der Waals surface area contributed by atoms with Crippen molar-refractivity contribution in [3.63, 3.8) is 0 Å². The number of hydrogen-bond acceptors (Lipinski definition) is 3. The summed E-state index contributed by atoms with van der Waals surface area (Å²) in [4.78, 5) is 14.4. The van der Waals surface area contributed by atoms with E-state index < -0.39 is 5.41 Å². The molecule has 0 aliphatic heterocycles. The first-order chi connectivity index (χ1) is 23.7. The number of hydrogen-bond donors (Lipinski definition) is 0. The Kier molecular flexibility index (Phi) is 6.74. The summed E-state index contributed by atoms with van der Waals surface area (Å²) in [5.41, 5.74) is 10.7. The minimum atomic E-state index is -0.512. The van der Waals surface area contributed by atoms with Gasteiger partial charge >= 0.3 is 0 Å². The van der Waals surface area contributed by atoms with Gasteiger partial charge in [-0.05, 0) is 66.9 Å². The molecule has 226 valence electrons. The third-order valence-corrected chi connectivity index (χ3v) is 9.74. The molecule has 1 aliphatic carbocycles. The second-order valence-corrected chi connectivity index (χ2v) is 12.4. The molecule has 0 spiro atoms. The van der Waals surface area contributed by atoms with Crippen LogP contribution in [0.1, 0.15) is 22.3 Å². The predicted octanol–water partition coefficient (Wildman–Crippen LogP) is 11.0. The molecule has 4 heteroatoms. The number of aromatic nitrogens is 3. The van der Waals surface area contributed by atoms with Gasteiger partial charge < -0.3 is 0 Å². The topological polar surface area (TPSA) is 38.7 Å². The first-order valence-electron chi connectivity index (χ1n) is 16.1. The van der Waals surface area contributed by atoms with Gasteiger partial charge in [0, 0.05) is 11.1 Å². The molecular formula is C44H28ClN3. The van der Waals surface area contributed by atoms with Gasteiger partial charge in [0.15, 0.2) is 11.6 Å². The molecule has 0 atom stereocenters. The van der Waals surface area contributed by atoms with E-state index >= 15 is 0 Å². The molecule has 0 saturated carbocycles. The van der Waals surface area contributed by atoms with Crippen LogP contribution in [0.2, 0.25) is 5.28 Å². The van der Waals surface area contributed by atoms with Crippen molar-refractivity contribution in [1.29, 1.82) is 0 Å². The fourth-order valence-corrected chi connectivity index (χ4v) is 7.72. The lowest BCUT2D eigenvalue weighted by molar-refractivity contribution is 0.768. The standard InChI is InChI=1S/C44H28ClN3/c45-43-47-41(31-27-25-30(26-28-31)35-21-11-14-29-13-7-8-19-34(29)35)46-42(48-43)37-22-12-24-39-40(37)36-20-9-10-23-38(36)44(39,32-15-3-1-4-16-32)33-17-5-2-6-18-33/h1-28H. The summed E-state index contributed by atoms with van der Waals surface area (Å²) >= 11 is 6.68. The maximum absolute atomic E-state index is 6.68. The normalized spacial score (nSPS) is 12.9. The lowest BCUT2D eigenvalue weighted by Crippen LogP contribution is -2.28. The Morgan fingerprint density at radius 2 is 0.938 bits per heavy atom. The van der Waals surface area contributed by atoms with Crippen LogP contribution in [-0.2, 0) is 5.41 Å². The molecule has 1 aliphatic rings. The molecule has 0 amide bonds. The molecule has 8 aromatic rings. The predicted molar refractivity (Wildman–Crippen MR) is 196 cm³/mol. The van der Waals surface area contributed by atoms with Gasteiger partial charge in [0.25, 0.3) is 0 Å². The van der Waals surface area contributed by atoms with Gasteiger partial charge in [-0.1, -0.05) is 170 Å². The number of nitrogens with zero attached hydrogens (tertiary/aromatic N) is 3. The smallest absolute Gasteiger partial charge is 0.208 e. The molecule has 0 N–H and O–H groups in total. The number of benzene rings is 7. The highest BCUT2D eigenvalue weighted by molar-refractivity contribution is 6.28. The van der Waals surface area contributed by atoms with Crippen molar-refractivity contribution in [2.75, 3.05) is 0 Å². The Bertz CT molecular complexity index is 2410. The third kappa shape index (κ3) is 4.40. The van der Waals surface area contributed by atoms with Crippen LogP contribution in [0.25, 0.3) is 55.8 Å². The van der Waals surface area contributed by atoms with Crippen LogP contribution in [0.3, 0.4) is 0 Å². The quantitative estimate of drug-likeness (QED) is 0.189. The Balaban J connectivity index is 1.21. The highest BCUT2D eigenvalue weighted by Gasteiger charge is 2.46. The maximum Gasteiger partial charge on any atom is 0.226 e. The Morgan fingerprint density at radius 3 is 1.71 bits per heavy atom. The molecule has 0 fully saturated rings. The number of fused-ring (bicyclic) bond motifs is 4. The van der Waals surface area contributed by atoms with E-state index in [4.69, 9.17) is 21.6 Å². The molecule has 0 radical (unpaired) electrons. The van der Waals surface area contributed by atoms with Crippen LogP contribution in [0, 0.1) is 0 Å². The highest BCUT2D eigenvalue weighted by Crippen LogP contribution is 2.58. The Hall–Kier alpha value is -5.90. The summed E-state index contributed by atoms with van der Waals surface area (Å²) in [5.74, 6) is 1.09. The number of rotatable bonds is 5. The van der Waals surface area contributed by atoms with Crippen LogP contribution in [0.4, 0.5) is 0 Å². The first-order valence-corrected chi connectivity index (χ1v) is 16.4. The lowest BCUT2D eigenvalue weighted by atomic mass is 9.67. The van der Waals surface area contributed by atoms with Crippen molar-refractivity contribution in [2.24, 2.45) is 0 Å². The first kappa shape index (κ1) is 28.3. The average Bonchev–Trinajstić information content (AvgIpc) is 3.46. The van der Waals surface area contributed by atoms with Crippen molar-refractivity contribution in [3.05, 3.63) is 197 Å². The van der Waals surface area contributed by atoms with Crippen molar-refractivity contribution >= 4 is 22.4 Å². The van der Waals surface area contributed by atoms with Gasteiger partial charge in [-0.15, -0.1) is 0 Å². The van der Waals surface area contributed by atoms with Gasteiger partial charge in [-0.25, -0.2) is 4.98 Å². The summed E-state index contributed by atoms with van der Waals surface area (Å²) in [6.07, 6.45) is 0. The molecule has 0 bridgehead atoms. The Labute approximate surface area is 284 Å². The zero-order chi connectivity index (χ0) is 32.1. The zero-order valence-electron chi connectivity index (χ0n) is 25.9. The monoisotopic (exact) mass is 633 g/mol. The fourth-order valence-electron chi connectivity index (χ4n) is 7.56. The molecule has 1 aromatic heterocycles. The molecule has 0 saturated heterocycles. The van der Waals surface area contributed by atoms with E-state index in [0.29, 0.717) is 11.6 Å². The van der Waals surface area contributed by atoms with Gasteiger partial charge in [-0.3, -0.25) is 0 Å². The minimum Gasteiger partial charge on any atom is -0.208 e. The van der Waals surface area contributed by atoms with Gasteiger partial charge in [-0.2, -0.15) is 9.97 Å². The highest BCUT2D eigenvalue weighted by atomic mass is 35.5. The Morgan fingerprint density at radius 1 is 0.396 bits per heavy atom. The van der Waals surface area contributed by atoms with E-state index in [1.54, 1.807) is 0 Å². The lowest BCUT2D eigenvalue weighted by Gasteiger charge is -2.33. The van der Waals surface area contributed by atoms with Crippen LogP contribution in [-0.4, -0.2) is 15.0 Å². The molecule has 48 heavy (non-hydrogen) atoms. The SMILES string of the molecule is Clc1nc(-c2ccc(-c3cccc4ccccc34)cc2)nc(-c2cccc3c2-c2ccccc2C3(c2ccccc2)c2ccccc2)n1. The molecule has 3 nitrogen and oxygen atoms in total. The summed E-state index contributed by atoms with van der Waals surface area (Å²) < 4.78 is 0. The second kappa shape index (κ2) is 11.4. The van der Waals surface area contributed by atoms with Crippen LogP contribution < -0.4 is 0 Å². The van der Waals surface area contributed by atoms with Crippen molar-refractivity contribution in [1.82, 2.24) is 15.0 Å². The summed E-state index contributed by atoms with van der Waals surface area (Å²) in [6, 6.07) is 59.9. The van der Waals surface area contributed by atoms with Crippen LogP contribution in [0.5, 0.6) is 0 Å². The van der Waals surface area contributed by atoms with Crippen molar-refractivity contribution in [2.45, 2.75) is 5.41 Å². The molecule has 9 rings (SSSR count). The van der Waals surface area contributed by atoms with E-state index in [-0.39, 0.29) is 5.28 Å². The third-order valence-electron chi connectivity index (χ3n) is 9.58. The summed E-state index contributed by atoms with van der Waals surface area (Å²) in [6.45, 7) is 0. The van der Waals surface area contributed by atoms with Crippen LogP contribution >= 0.6 is 11.6 Å². The summed E-state index contributed by atoms with van der Waals surface area (Å²) in [5, 5.41) is 2.60. The number of halogens is 1. The van der Waals surface area contributed by atoms with E-state index in [1.165, 1.54) is 38.6 Å². The van der Waals surface area contributed by atoms with Gasteiger partial charge in [0.1, 0.15) is 0 Å². The minimum absolute atomic E-state index is 0.161. The molecule has 1 heterocycles.